The number of hydrogen-bond acceptors (Lipinski definition) is 3. The summed E-state index contributed by atoms with van der Waals surface area (Å²) >= 11 is 0. The van der Waals surface area contributed by atoms with E-state index in [1.165, 1.54) is 6.26 Å². The van der Waals surface area contributed by atoms with E-state index in [1.807, 2.05) is 0 Å². The molecule has 0 aliphatic carbocycles. The van der Waals surface area contributed by atoms with Crippen LogP contribution in [0.3, 0.4) is 0 Å². The van der Waals surface area contributed by atoms with Crippen molar-refractivity contribution in [2.24, 2.45) is 5.73 Å². The molecular formula is C10H14N2O2. The summed E-state index contributed by atoms with van der Waals surface area (Å²) in [5.74, 6) is 0.351. The number of carbonyl (C=O) groups is 1. The van der Waals surface area contributed by atoms with Crippen LogP contribution in [-0.4, -0.2) is 29.9 Å². The summed E-state index contributed by atoms with van der Waals surface area (Å²) < 4.78 is 5.05. The van der Waals surface area contributed by atoms with Crippen molar-refractivity contribution < 1.29 is 9.21 Å². The van der Waals surface area contributed by atoms with E-state index in [2.05, 4.69) is 0 Å². The highest BCUT2D eigenvalue weighted by Crippen LogP contribution is 2.12. The maximum Gasteiger partial charge on any atom is 0.289 e. The fourth-order valence-corrected chi connectivity index (χ4v) is 1.75. The molecule has 2 rings (SSSR count). The minimum Gasteiger partial charge on any atom is -0.459 e. The van der Waals surface area contributed by atoms with Gasteiger partial charge in [0.15, 0.2) is 5.76 Å². The van der Waals surface area contributed by atoms with Crippen LogP contribution in [0, 0.1) is 0 Å². The Morgan fingerprint density at radius 2 is 2.50 bits per heavy atom. The maximum absolute atomic E-state index is 11.8. The number of furan rings is 1. The van der Waals surface area contributed by atoms with Crippen molar-refractivity contribution in [1.82, 2.24) is 4.90 Å². The SMILES string of the molecule is NC1CCCN(C(=O)c2ccco2)C1. The van der Waals surface area contributed by atoms with E-state index >= 15 is 0 Å². The summed E-state index contributed by atoms with van der Waals surface area (Å²) in [5, 5.41) is 0. The molecule has 1 aliphatic heterocycles. The highest BCUT2D eigenvalue weighted by molar-refractivity contribution is 5.91. The second-order valence-corrected chi connectivity index (χ2v) is 3.63. The Kier molecular flexibility index (Phi) is 2.54. The molecule has 76 valence electrons. The van der Waals surface area contributed by atoms with Gasteiger partial charge in [-0.3, -0.25) is 4.79 Å². The molecule has 0 bridgehead atoms. The van der Waals surface area contributed by atoms with Gasteiger partial charge >= 0.3 is 0 Å². The summed E-state index contributed by atoms with van der Waals surface area (Å²) in [5.41, 5.74) is 5.79. The van der Waals surface area contributed by atoms with Crippen molar-refractivity contribution in [3.8, 4) is 0 Å². The zero-order valence-corrected chi connectivity index (χ0v) is 7.98. The van der Waals surface area contributed by atoms with Gasteiger partial charge in [0.1, 0.15) is 0 Å². The molecule has 1 aromatic heterocycles. The van der Waals surface area contributed by atoms with Crippen LogP contribution in [0.5, 0.6) is 0 Å². The fourth-order valence-electron chi connectivity index (χ4n) is 1.75. The van der Waals surface area contributed by atoms with Crippen LogP contribution < -0.4 is 5.73 Å². The lowest BCUT2D eigenvalue weighted by Crippen LogP contribution is -2.45. The lowest BCUT2D eigenvalue weighted by molar-refractivity contribution is 0.0676. The highest BCUT2D eigenvalue weighted by atomic mass is 16.3. The Balaban J connectivity index is 2.04. The average molecular weight is 194 g/mol. The number of piperidine rings is 1. The minimum atomic E-state index is -0.0508. The molecule has 1 unspecified atom stereocenters. The van der Waals surface area contributed by atoms with E-state index in [1.54, 1.807) is 17.0 Å². The Hall–Kier alpha value is -1.29. The maximum atomic E-state index is 11.8. The van der Waals surface area contributed by atoms with Crippen molar-refractivity contribution in [2.45, 2.75) is 18.9 Å². The molecule has 4 heteroatoms. The molecule has 1 amide bonds. The second-order valence-electron chi connectivity index (χ2n) is 3.63. The molecule has 2 N–H and O–H groups in total. The molecule has 4 nitrogen and oxygen atoms in total. The van der Waals surface area contributed by atoms with E-state index in [-0.39, 0.29) is 11.9 Å². The van der Waals surface area contributed by atoms with E-state index in [9.17, 15) is 4.79 Å². The number of amides is 1. The molecule has 1 atom stereocenters. The topological polar surface area (TPSA) is 59.5 Å². The number of nitrogens with two attached hydrogens (primary N) is 1. The zero-order chi connectivity index (χ0) is 9.97. The van der Waals surface area contributed by atoms with Gasteiger partial charge in [-0.15, -0.1) is 0 Å². The van der Waals surface area contributed by atoms with Crippen molar-refractivity contribution in [1.29, 1.82) is 0 Å². The van der Waals surface area contributed by atoms with Gasteiger partial charge < -0.3 is 15.1 Å². The number of likely N-dealkylation sites (tertiary alicyclic amines) is 1. The summed E-state index contributed by atoms with van der Waals surface area (Å²) in [6.45, 7) is 1.42. The fraction of sp³-hybridized carbons (Fsp3) is 0.500. The second kappa shape index (κ2) is 3.84. The number of carbonyl (C=O) groups excluding carboxylic acids is 1. The van der Waals surface area contributed by atoms with Gasteiger partial charge in [0, 0.05) is 19.1 Å². The Morgan fingerprint density at radius 1 is 1.64 bits per heavy atom. The Morgan fingerprint density at radius 3 is 3.14 bits per heavy atom. The molecule has 0 aromatic carbocycles. The van der Waals surface area contributed by atoms with Crippen LogP contribution in [-0.2, 0) is 0 Å². The molecule has 1 saturated heterocycles. The standard InChI is InChI=1S/C10H14N2O2/c11-8-3-1-5-12(7-8)10(13)9-4-2-6-14-9/h2,4,6,8H,1,3,5,7,11H2. The molecule has 1 aromatic rings. The first-order chi connectivity index (χ1) is 6.77. The summed E-state index contributed by atoms with van der Waals surface area (Å²) in [6.07, 6.45) is 3.49. The monoisotopic (exact) mass is 194 g/mol. The molecule has 0 spiro atoms. The van der Waals surface area contributed by atoms with Crippen molar-refractivity contribution in [3.05, 3.63) is 24.2 Å². The van der Waals surface area contributed by atoms with Gasteiger partial charge in [-0.05, 0) is 25.0 Å². The van der Waals surface area contributed by atoms with Gasteiger partial charge in [0.2, 0.25) is 0 Å². The normalized spacial score (nSPS) is 22.4. The molecule has 1 fully saturated rings. The smallest absolute Gasteiger partial charge is 0.289 e. The van der Waals surface area contributed by atoms with Crippen molar-refractivity contribution in [3.63, 3.8) is 0 Å². The van der Waals surface area contributed by atoms with Crippen molar-refractivity contribution in [2.75, 3.05) is 13.1 Å². The van der Waals surface area contributed by atoms with Crippen LogP contribution in [0.25, 0.3) is 0 Å². The molecular weight excluding hydrogens is 180 g/mol. The quantitative estimate of drug-likeness (QED) is 0.720. The Bertz CT molecular complexity index is 308. The summed E-state index contributed by atoms with van der Waals surface area (Å²) in [7, 11) is 0. The van der Waals surface area contributed by atoms with Crippen LogP contribution in [0.1, 0.15) is 23.4 Å². The average Bonchev–Trinajstić information content (AvgIpc) is 2.69. The molecule has 2 heterocycles. The lowest BCUT2D eigenvalue weighted by atomic mass is 10.1. The molecule has 0 saturated carbocycles. The van der Waals surface area contributed by atoms with Crippen LogP contribution >= 0.6 is 0 Å². The van der Waals surface area contributed by atoms with Gasteiger partial charge in [0.05, 0.1) is 6.26 Å². The third kappa shape index (κ3) is 1.80. The minimum absolute atomic E-state index is 0.0508. The first-order valence-electron chi connectivity index (χ1n) is 4.86. The third-order valence-electron chi connectivity index (χ3n) is 2.48. The number of hydrogen-bond donors (Lipinski definition) is 1. The first-order valence-corrected chi connectivity index (χ1v) is 4.86. The molecule has 1 aliphatic rings. The van der Waals surface area contributed by atoms with E-state index in [0.29, 0.717) is 12.3 Å². The largest absolute Gasteiger partial charge is 0.459 e. The summed E-state index contributed by atoms with van der Waals surface area (Å²) in [6, 6.07) is 3.52. The van der Waals surface area contributed by atoms with Crippen LogP contribution in [0.15, 0.2) is 22.8 Å². The Labute approximate surface area is 82.7 Å². The first kappa shape index (κ1) is 9.27. The lowest BCUT2D eigenvalue weighted by Gasteiger charge is -2.29. The van der Waals surface area contributed by atoms with Gasteiger partial charge in [-0.2, -0.15) is 0 Å². The van der Waals surface area contributed by atoms with E-state index in [4.69, 9.17) is 10.2 Å². The van der Waals surface area contributed by atoms with E-state index < -0.39 is 0 Å². The van der Waals surface area contributed by atoms with Crippen LogP contribution in [0.2, 0.25) is 0 Å². The third-order valence-corrected chi connectivity index (χ3v) is 2.48. The van der Waals surface area contributed by atoms with Crippen LogP contribution in [0.4, 0.5) is 0 Å². The van der Waals surface area contributed by atoms with Gasteiger partial charge in [-0.1, -0.05) is 0 Å². The van der Waals surface area contributed by atoms with Gasteiger partial charge in [-0.25, -0.2) is 0 Å². The number of nitrogens with zero attached hydrogens (tertiary/aromatic N) is 1. The van der Waals surface area contributed by atoms with E-state index in [0.717, 1.165) is 19.4 Å². The highest BCUT2D eigenvalue weighted by Gasteiger charge is 2.23. The predicted molar refractivity (Wildman–Crippen MR) is 51.8 cm³/mol. The van der Waals surface area contributed by atoms with Gasteiger partial charge in [0.25, 0.3) is 5.91 Å². The zero-order valence-electron chi connectivity index (χ0n) is 7.98. The molecule has 14 heavy (non-hydrogen) atoms. The summed E-state index contributed by atoms with van der Waals surface area (Å²) in [4.78, 5) is 13.5. The number of rotatable bonds is 1. The molecule has 0 radical (unpaired) electrons. The van der Waals surface area contributed by atoms with Crippen molar-refractivity contribution >= 4 is 5.91 Å². The predicted octanol–water partition coefficient (Wildman–Crippen LogP) is 0.843.